The summed E-state index contributed by atoms with van der Waals surface area (Å²) < 4.78 is 20.7. The van der Waals surface area contributed by atoms with Gasteiger partial charge in [0.1, 0.15) is 18.8 Å². The molecule has 1 fully saturated rings. The summed E-state index contributed by atoms with van der Waals surface area (Å²) in [5.41, 5.74) is -1.09. The van der Waals surface area contributed by atoms with Gasteiger partial charge in [-0.15, -0.1) is 0 Å². The Hall–Kier alpha value is -1.87. The summed E-state index contributed by atoms with van der Waals surface area (Å²) in [5, 5.41) is 2.50. The van der Waals surface area contributed by atoms with Crippen molar-refractivity contribution < 1.29 is 38.1 Å². The molecule has 0 aromatic rings. The molecular weight excluding hydrogens is 346 g/mol. The summed E-state index contributed by atoms with van der Waals surface area (Å²) in [6.07, 6.45) is -3.18. The lowest BCUT2D eigenvalue weighted by Gasteiger charge is -2.43. The van der Waals surface area contributed by atoms with Crippen LogP contribution in [0.2, 0.25) is 0 Å². The van der Waals surface area contributed by atoms with Crippen LogP contribution < -0.4 is 5.32 Å². The Bertz CT molecular complexity index is 511. The fraction of sp³-hybridized carbons (Fsp3) is 0.714. The molecule has 1 N–H and O–H groups in total. The average molecular weight is 366 g/mol. The molecule has 1 rings (SSSR count). The van der Waals surface area contributed by atoms with Gasteiger partial charge in [-0.25, -0.2) is 0 Å². The summed E-state index contributed by atoms with van der Waals surface area (Å²) in [4.78, 5) is 45.2. The third kappa shape index (κ3) is 5.97. The van der Waals surface area contributed by atoms with E-state index in [0.29, 0.717) is 0 Å². The van der Waals surface area contributed by atoms with Gasteiger partial charge >= 0.3 is 17.9 Å². The molecular formula is C14H20ClNO8. The highest BCUT2D eigenvalue weighted by Gasteiger charge is 2.50. The maximum absolute atomic E-state index is 11.4. The number of hydrogen-bond donors (Lipinski definition) is 1. The maximum Gasteiger partial charge on any atom is 0.303 e. The van der Waals surface area contributed by atoms with Crippen molar-refractivity contribution in [3.05, 3.63) is 0 Å². The molecule has 0 saturated carbocycles. The van der Waals surface area contributed by atoms with E-state index in [1.54, 1.807) is 0 Å². The van der Waals surface area contributed by atoms with Gasteiger partial charge in [0.05, 0.1) is 0 Å². The molecule has 0 spiro atoms. The summed E-state index contributed by atoms with van der Waals surface area (Å²) >= 11 is 6.11. The van der Waals surface area contributed by atoms with Crippen LogP contribution in [0.3, 0.4) is 0 Å². The van der Waals surface area contributed by atoms with E-state index in [1.807, 2.05) is 0 Å². The largest absolute Gasteiger partial charge is 0.463 e. The molecule has 1 aliphatic rings. The van der Waals surface area contributed by atoms with E-state index < -0.39 is 53.7 Å². The number of rotatable bonds is 5. The minimum Gasteiger partial charge on any atom is -0.463 e. The topological polar surface area (TPSA) is 117 Å². The number of nitrogens with one attached hydrogen (secondary N) is 1. The number of ether oxygens (including phenoxy) is 4. The smallest absolute Gasteiger partial charge is 0.303 e. The van der Waals surface area contributed by atoms with Gasteiger partial charge in [-0.3, -0.25) is 19.2 Å². The highest BCUT2D eigenvalue weighted by Crippen LogP contribution is 2.28. The van der Waals surface area contributed by atoms with Gasteiger partial charge in [-0.2, -0.15) is 0 Å². The Morgan fingerprint density at radius 3 is 1.96 bits per heavy atom. The second-order valence-electron chi connectivity index (χ2n) is 5.20. The van der Waals surface area contributed by atoms with Crippen molar-refractivity contribution in [2.45, 2.75) is 57.6 Å². The molecule has 10 heteroatoms. The number of hydrogen-bond acceptors (Lipinski definition) is 8. The number of carbonyl (C=O) groups is 4. The second kappa shape index (κ2) is 8.84. The number of amides is 1. The van der Waals surface area contributed by atoms with Gasteiger partial charge in [-0.1, -0.05) is 11.6 Å². The molecule has 24 heavy (non-hydrogen) atoms. The Morgan fingerprint density at radius 2 is 1.50 bits per heavy atom. The van der Waals surface area contributed by atoms with Crippen LogP contribution in [0, 0.1) is 0 Å². The predicted molar refractivity (Wildman–Crippen MR) is 79.9 cm³/mol. The molecule has 0 aromatic carbocycles. The SMILES string of the molecule is CC(=O)NC1[C@H](Cl)OC(COC(C)=O)[C@H](OC(C)=O)[C@@H]1OC(C)=O. The fourth-order valence-electron chi connectivity index (χ4n) is 2.28. The van der Waals surface area contributed by atoms with Gasteiger partial charge < -0.3 is 24.3 Å². The third-order valence-corrected chi connectivity index (χ3v) is 3.43. The number of esters is 3. The van der Waals surface area contributed by atoms with Crippen LogP contribution in [0.25, 0.3) is 0 Å². The van der Waals surface area contributed by atoms with E-state index >= 15 is 0 Å². The molecule has 5 atom stereocenters. The van der Waals surface area contributed by atoms with Gasteiger partial charge in [-0.05, 0) is 0 Å². The molecule has 0 radical (unpaired) electrons. The van der Waals surface area contributed by atoms with E-state index in [9.17, 15) is 19.2 Å². The van der Waals surface area contributed by atoms with E-state index in [2.05, 4.69) is 5.32 Å². The van der Waals surface area contributed by atoms with Crippen molar-refractivity contribution in [1.29, 1.82) is 0 Å². The van der Waals surface area contributed by atoms with Crippen molar-refractivity contribution >= 4 is 35.4 Å². The van der Waals surface area contributed by atoms with Gasteiger partial charge in [0.15, 0.2) is 17.8 Å². The summed E-state index contributed by atoms with van der Waals surface area (Å²) in [7, 11) is 0. The Kier molecular flexibility index (Phi) is 7.43. The van der Waals surface area contributed by atoms with Gasteiger partial charge in [0.25, 0.3) is 0 Å². The Morgan fingerprint density at radius 1 is 0.958 bits per heavy atom. The molecule has 1 heterocycles. The molecule has 2 unspecified atom stereocenters. The first kappa shape index (κ1) is 20.2. The third-order valence-electron chi connectivity index (χ3n) is 3.06. The summed E-state index contributed by atoms with van der Waals surface area (Å²) in [6.45, 7) is 4.51. The van der Waals surface area contributed by atoms with Crippen LogP contribution in [-0.4, -0.2) is 60.3 Å². The predicted octanol–water partition coefficient (Wildman–Crippen LogP) is -0.119. The molecule has 1 amide bonds. The minimum atomic E-state index is -1.11. The van der Waals surface area contributed by atoms with Crippen molar-refractivity contribution in [2.75, 3.05) is 6.61 Å². The Labute approximate surface area is 143 Å². The van der Waals surface area contributed by atoms with Crippen LogP contribution in [0.4, 0.5) is 0 Å². The minimum absolute atomic E-state index is 0.263. The quantitative estimate of drug-likeness (QED) is 0.407. The van der Waals surface area contributed by atoms with Crippen molar-refractivity contribution in [2.24, 2.45) is 0 Å². The maximum atomic E-state index is 11.4. The highest BCUT2D eigenvalue weighted by atomic mass is 35.5. The van der Waals surface area contributed by atoms with E-state index in [4.69, 9.17) is 30.5 Å². The zero-order valence-corrected chi connectivity index (χ0v) is 14.5. The average Bonchev–Trinajstić information content (AvgIpc) is 2.42. The lowest BCUT2D eigenvalue weighted by atomic mass is 9.97. The lowest BCUT2D eigenvalue weighted by molar-refractivity contribution is -0.212. The van der Waals surface area contributed by atoms with E-state index in [-0.39, 0.29) is 6.61 Å². The zero-order chi connectivity index (χ0) is 18.4. The van der Waals surface area contributed by atoms with Crippen LogP contribution >= 0.6 is 11.6 Å². The monoisotopic (exact) mass is 365 g/mol. The molecule has 0 aliphatic carbocycles. The van der Waals surface area contributed by atoms with E-state index in [1.165, 1.54) is 13.8 Å². The van der Waals surface area contributed by atoms with Crippen LogP contribution in [-0.2, 0) is 38.1 Å². The number of halogens is 1. The number of carbonyl (C=O) groups excluding carboxylic acids is 4. The van der Waals surface area contributed by atoms with Crippen molar-refractivity contribution in [3.8, 4) is 0 Å². The first-order valence-electron chi connectivity index (χ1n) is 7.16. The molecule has 0 aromatic heterocycles. The van der Waals surface area contributed by atoms with E-state index in [0.717, 1.165) is 13.8 Å². The fourth-order valence-corrected chi connectivity index (χ4v) is 2.62. The van der Waals surface area contributed by atoms with Crippen LogP contribution in [0.15, 0.2) is 0 Å². The lowest BCUT2D eigenvalue weighted by Crippen LogP contribution is -2.64. The molecule has 9 nitrogen and oxygen atoms in total. The normalized spacial score (nSPS) is 29.3. The van der Waals surface area contributed by atoms with Gasteiger partial charge in [0.2, 0.25) is 5.91 Å². The number of alkyl halides is 1. The molecule has 1 aliphatic heterocycles. The molecule has 136 valence electrons. The molecule has 1 saturated heterocycles. The van der Waals surface area contributed by atoms with Gasteiger partial charge in [0, 0.05) is 27.7 Å². The summed E-state index contributed by atoms with van der Waals surface area (Å²) in [5.74, 6) is -2.33. The Balaban J connectivity index is 3.11. The van der Waals surface area contributed by atoms with Crippen molar-refractivity contribution in [1.82, 2.24) is 5.32 Å². The second-order valence-corrected chi connectivity index (χ2v) is 5.63. The standard InChI is InChI=1S/C14H20ClNO8/c1-6(17)16-11-13(23-9(4)20)12(22-8(3)19)10(24-14(11)15)5-21-7(2)18/h10-14H,5H2,1-4H3,(H,16,17)/t10?,11?,12-,13+,14+/m0/s1. The van der Waals surface area contributed by atoms with Crippen LogP contribution in [0.1, 0.15) is 27.7 Å². The molecule has 0 bridgehead atoms. The first-order valence-corrected chi connectivity index (χ1v) is 7.60. The first-order chi connectivity index (χ1) is 11.1. The zero-order valence-electron chi connectivity index (χ0n) is 13.7. The highest BCUT2D eigenvalue weighted by molar-refractivity contribution is 6.20. The van der Waals surface area contributed by atoms with Crippen LogP contribution in [0.5, 0.6) is 0 Å². The van der Waals surface area contributed by atoms with Crippen molar-refractivity contribution in [3.63, 3.8) is 0 Å². The summed E-state index contributed by atoms with van der Waals surface area (Å²) in [6, 6.07) is -0.953.